The van der Waals surface area contributed by atoms with E-state index in [4.69, 9.17) is 14.3 Å². The summed E-state index contributed by atoms with van der Waals surface area (Å²) >= 11 is 0. The van der Waals surface area contributed by atoms with Crippen LogP contribution in [-0.4, -0.2) is 61.7 Å². The number of aromatic nitrogens is 2. The van der Waals surface area contributed by atoms with Crippen molar-refractivity contribution in [3.63, 3.8) is 0 Å². The van der Waals surface area contributed by atoms with Crippen LogP contribution in [0, 0.1) is 0 Å². The van der Waals surface area contributed by atoms with E-state index in [9.17, 15) is 4.79 Å². The van der Waals surface area contributed by atoms with E-state index in [0.29, 0.717) is 54.3 Å². The Morgan fingerprint density at radius 3 is 2.73 bits per heavy atom. The number of nitrogens with zero attached hydrogens (tertiary/aromatic N) is 4. The second kappa shape index (κ2) is 12.2. The van der Waals surface area contributed by atoms with Gasteiger partial charge in [-0.25, -0.2) is 15.0 Å². The molecular weight excluding hydrogens is 472 g/mol. The number of nitrogens with one attached hydrogen (secondary N) is 2. The predicted molar refractivity (Wildman–Crippen MR) is 143 cm³/mol. The normalized spacial score (nSPS) is 14.9. The molecular formula is C27H32N6O4. The van der Waals surface area contributed by atoms with Crippen molar-refractivity contribution in [2.75, 3.05) is 56.7 Å². The van der Waals surface area contributed by atoms with Gasteiger partial charge in [-0.15, -0.1) is 0 Å². The molecule has 1 fully saturated rings. The van der Waals surface area contributed by atoms with E-state index in [0.717, 1.165) is 12.0 Å². The molecule has 1 aromatic heterocycles. The highest BCUT2D eigenvalue weighted by atomic mass is 16.7. The van der Waals surface area contributed by atoms with E-state index < -0.39 is 0 Å². The fourth-order valence-corrected chi connectivity index (χ4v) is 3.91. The van der Waals surface area contributed by atoms with Crippen LogP contribution in [0.2, 0.25) is 0 Å². The molecule has 3 aromatic rings. The zero-order valence-electron chi connectivity index (χ0n) is 21.3. The Morgan fingerprint density at radius 2 is 2.00 bits per heavy atom. The van der Waals surface area contributed by atoms with Crippen molar-refractivity contribution in [1.29, 1.82) is 0 Å². The van der Waals surface area contributed by atoms with E-state index in [1.807, 2.05) is 48.3 Å². The van der Waals surface area contributed by atoms with Crippen molar-refractivity contribution >= 4 is 28.9 Å². The van der Waals surface area contributed by atoms with Crippen LogP contribution >= 0.6 is 0 Å². The van der Waals surface area contributed by atoms with Crippen molar-refractivity contribution in [1.82, 2.24) is 14.9 Å². The molecule has 0 saturated carbocycles. The summed E-state index contributed by atoms with van der Waals surface area (Å²) in [6.45, 7) is 5.29. The third kappa shape index (κ3) is 6.54. The maximum Gasteiger partial charge on any atom is 0.247 e. The lowest BCUT2D eigenvalue weighted by atomic mass is 10.0. The number of hydrogen-bond acceptors (Lipinski definition) is 9. The summed E-state index contributed by atoms with van der Waals surface area (Å²) in [5.41, 5.74) is 2.23. The molecule has 1 saturated heterocycles. The van der Waals surface area contributed by atoms with E-state index >= 15 is 0 Å². The van der Waals surface area contributed by atoms with Gasteiger partial charge in [0.2, 0.25) is 5.91 Å². The van der Waals surface area contributed by atoms with Gasteiger partial charge in [0.05, 0.1) is 31.1 Å². The molecule has 1 aliphatic heterocycles. The first kappa shape index (κ1) is 25.9. The van der Waals surface area contributed by atoms with Gasteiger partial charge in [0.15, 0.2) is 5.82 Å². The Bertz CT molecular complexity index is 1220. The molecule has 0 radical (unpaired) electrons. The summed E-state index contributed by atoms with van der Waals surface area (Å²) in [4.78, 5) is 28.8. The molecule has 2 heterocycles. The number of anilines is 4. The highest BCUT2D eigenvalue weighted by molar-refractivity contribution is 6.00. The molecule has 194 valence electrons. The summed E-state index contributed by atoms with van der Waals surface area (Å²) in [6.07, 6.45) is 3.54. The molecule has 1 atom stereocenters. The first-order valence-electron chi connectivity index (χ1n) is 12.0. The van der Waals surface area contributed by atoms with Crippen molar-refractivity contribution < 1.29 is 19.1 Å². The van der Waals surface area contributed by atoms with Crippen molar-refractivity contribution in [3.8, 4) is 11.5 Å². The van der Waals surface area contributed by atoms with Crippen LogP contribution in [0.1, 0.15) is 18.0 Å². The number of ether oxygens (including phenoxy) is 2. The van der Waals surface area contributed by atoms with Crippen molar-refractivity contribution in [2.45, 2.75) is 12.5 Å². The van der Waals surface area contributed by atoms with Crippen molar-refractivity contribution in [3.05, 3.63) is 73.1 Å². The van der Waals surface area contributed by atoms with Gasteiger partial charge in [0.1, 0.15) is 30.3 Å². The number of rotatable bonds is 11. The molecule has 2 aromatic carbocycles. The van der Waals surface area contributed by atoms with E-state index in [-0.39, 0.29) is 11.9 Å². The number of carbonyl (C=O) groups is 1. The standard InChI is InChI=1S/C27H32N6O4/c1-5-27(34)31-21-15-20(23(35-4)16-24(21)36-14-12-32(2)3)30-25-17-26(29-18-28-25)33-22(11-13-37-33)19-9-7-6-8-10-19/h5-10,15-18,22H,1,11-14H2,2-4H3,(H,31,34)(H,28,29,30). The molecule has 1 amide bonds. The van der Waals surface area contributed by atoms with Crippen LogP contribution < -0.4 is 25.2 Å². The SMILES string of the molecule is C=CC(=O)Nc1cc(Nc2cc(N3OCCC3c3ccccc3)ncn2)c(OC)cc1OCCN(C)C. The second-order valence-corrected chi connectivity index (χ2v) is 8.65. The zero-order valence-corrected chi connectivity index (χ0v) is 21.3. The molecule has 0 bridgehead atoms. The Balaban J connectivity index is 1.60. The van der Waals surface area contributed by atoms with E-state index in [1.165, 1.54) is 12.4 Å². The lowest BCUT2D eigenvalue weighted by Crippen LogP contribution is -2.22. The largest absolute Gasteiger partial charge is 0.494 e. The minimum atomic E-state index is -0.351. The highest BCUT2D eigenvalue weighted by Gasteiger charge is 2.29. The summed E-state index contributed by atoms with van der Waals surface area (Å²) in [6, 6.07) is 15.5. The summed E-state index contributed by atoms with van der Waals surface area (Å²) in [5.74, 6) is 1.82. The minimum Gasteiger partial charge on any atom is -0.494 e. The Kier molecular flexibility index (Phi) is 8.55. The molecule has 0 aliphatic carbocycles. The minimum absolute atomic E-state index is 0.0535. The first-order valence-corrected chi connectivity index (χ1v) is 12.0. The number of likely N-dealkylation sites (N-methyl/N-ethyl adjacent to an activating group) is 1. The van der Waals surface area contributed by atoms with Gasteiger partial charge < -0.3 is 25.0 Å². The fourth-order valence-electron chi connectivity index (χ4n) is 3.91. The predicted octanol–water partition coefficient (Wildman–Crippen LogP) is 4.18. The summed E-state index contributed by atoms with van der Waals surface area (Å²) in [7, 11) is 5.49. The smallest absolute Gasteiger partial charge is 0.247 e. The number of methoxy groups -OCH3 is 1. The molecule has 0 spiro atoms. The topological polar surface area (TPSA) is 101 Å². The Hall–Kier alpha value is -4.15. The maximum absolute atomic E-state index is 12.1. The molecule has 2 N–H and O–H groups in total. The number of benzene rings is 2. The van der Waals surface area contributed by atoms with Gasteiger partial charge >= 0.3 is 0 Å². The molecule has 10 nitrogen and oxygen atoms in total. The average Bonchev–Trinajstić information content (AvgIpc) is 3.40. The van der Waals surface area contributed by atoms with Gasteiger partial charge in [-0.1, -0.05) is 36.9 Å². The van der Waals surface area contributed by atoms with Crippen LogP contribution in [-0.2, 0) is 9.63 Å². The molecule has 37 heavy (non-hydrogen) atoms. The lowest BCUT2D eigenvalue weighted by molar-refractivity contribution is -0.111. The molecule has 4 rings (SSSR count). The monoisotopic (exact) mass is 504 g/mol. The first-order chi connectivity index (χ1) is 18.0. The van der Waals surface area contributed by atoms with Crippen molar-refractivity contribution in [2.24, 2.45) is 0 Å². The van der Waals surface area contributed by atoms with Crippen LogP contribution in [0.3, 0.4) is 0 Å². The van der Waals surface area contributed by atoms with E-state index in [1.54, 1.807) is 19.2 Å². The van der Waals surface area contributed by atoms with Crippen LogP contribution in [0.4, 0.5) is 23.0 Å². The third-order valence-corrected chi connectivity index (χ3v) is 5.77. The summed E-state index contributed by atoms with van der Waals surface area (Å²) in [5, 5.41) is 7.90. The maximum atomic E-state index is 12.1. The molecule has 1 aliphatic rings. The zero-order chi connectivity index (χ0) is 26.2. The van der Waals surface area contributed by atoms with Crippen LogP contribution in [0.25, 0.3) is 0 Å². The van der Waals surface area contributed by atoms with Crippen LogP contribution in [0.15, 0.2) is 67.5 Å². The highest BCUT2D eigenvalue weighted by Crippen LogP contribution is 2.39. The van der Waals surface area contributed by atoms with Gasteiger partial charge in [-0.3, -0.25) is 9.63 Å². The van der Waals surface area contributed by atoms with Gasteiger partial charge in [-0.05, 0) is 31.8 Å². The van der Waals surface area contributed by atoms with Crippen LogP contribution in [0.5, 0.6) is 11.5 Å². The quantitative estimate of drug-likeness (QED) is 0.373. The number of carbonyl (C=O) groups excluding carboxylic acids is 1. The summed E-state index contributed by atoms with van der Waals surface area (Å²) < 4.78 is 11.5. The van der Waals surface area contributed by atoms with Gasteiger partial charge in [0, 0.05) is 25.1 Å². The number of hydrogen-bond donors (Lipinski definition) is 2. The fraction of sp³-hybridized carbons (Fsp3) is 0.296. The van der Waals surface area contributed by atoms with E-state index in [2.05, 4.69) is 39.3 Å². The third-order valence-electron chi connectivity index (χ3n) is 5.77. The van der Waals surface area contributed by atoms with Gasteiger partial charge in [-0.2, -0.15) is 0 Å². The molecule has 1 unspecified atom stereocenters. The average molecular weight is 505 g/mol. The number of amides is 1. The Morgan fingerprint density at radius 1 is 1.19 bits per heavy atom. The number of hydroxylamine groups is 1. The molecule has 10 heteroatoms. The Labute approximate surface area is 216 Å². The lowest BCUT2D eigenvalue weighted by Gasteiger charge is -2.24. The van der Waals surface area contributed by atoms with Gasteiger partial charge in [0.25, 0.3) is 0 Å². The second-order valence-electron chi connectivity index (χ2n) is 8.65.